The van der Waals surface area contributed by atoms with E-state index in [-0.39, 0.29) is 0 Å². The summed E-state index contributed by atoms with van der Waals surface area (Å²) < 4.78 is 13.1. The highest BCUT2D eigenvalue weighted by Crippen LogP contribution is 2.56. The maximum atomic E-state index is 6.55. The molecule has 2 aliphatic rings. The predicted molar refractivity (Wildman–Crippen MR) is 273 cm³/mol. The van der Waals surface area contributed by atoms with Crippen LogP contribution in [0.3, 0.4) is 0 Å². The molecule has 2 aliphatic heterocycles. The first-order valence-electron chi connectivity index (χ1n) is 22.2. The van der Waals surface area contributed by atoms with Crippen molar-refractivity contribution in [3.8, 4) is 33.8 Å². The average Bonchev–Trinajstić information content (AvgIpc) is 3.77. The van der Waals surface area contributed by atoms with Crippen LogP contribution in [0.4, 0.5) is 51.2 Å². The zero-order chi connectivity index (χ0) is 43.6. The first-order chi connectivity index (χ1) is 32.7. The Hall–Kier alpha value is -8.45. The van der Waals surface area contributed by atoms with E-state index < -0.39 is 0 Å². The van der Waals surface area contributed by atoms with Crippen LogP contribution in [-0.4, -0.2) is 0 Å². The van der Waals surface area contributed by atoms with Crippen LogP contribution in [0.5, 0.6) is 11.5 Å². The molecule has 5 nitrogen and oxygen atoms in total. The van der Waals surface area contributed by atoms with Crippen molar-refractivity contribution in [2.75, 3.05) is 14.7 Å². The first kappa shape index (κ1) is 38.0. The first-order valence-corrected chi connectivity index (χ1v) is 23.0. The zero-order valence-electron chi connectivity index (χ0n) is 35.6. The van der Waals surface area contributed by atoms with Crippen LogP contribution < -0.4 is 19.4 Å². The Bertz CT molecular complexity index is 3420. The molecule has 66 heavy (non-hydrogen) atoms. The minimum Gasteiger partial charge on any atom is -0.455 e. The monoisotopic (exact) mass is 865 g/mol. The Labute approximate surface area is 387 Å². The van der Waals surface area contributed by atoms with Crippen molar-refractivity contribution in [3.63, 3.8) is 0 Å². The summed E-state index contributed by atoms with van der Waals surface area (Å²) in [6.07, 6.45) is 0. The van der Waals surface area contributed by atoms with Crippen molar-refractivity contribution in [2.45, 2.75) is 9.79 Å². The maximum absolute atomic E-state index is 6.55. The number of ether oxygens (including phenoxy) is 1. The van der Waals surface area contributed by atoms with Crippen LogP contribution >= 0.6 is 11.8 Å². The number of anilines is 9. The molecule has 11 aromatic rings. The fourth-order valence-corrected chi connectivity index (χ4v) is 10.6. The van der Waals surface area contributed by atoms with E-state index in [0.717, 1.165) is 101 Å². The van der Waals surface area contributed by atoms with E-state index in [1.807, 2.05) is 48.2 Å². The average molecular weight is 866 g/mol. The van der Waals surface area contributed by atoms with Gasteiger partial charge in [0.25, 0.3) is 0 Å². The number of fused-ring (bicyclic) bond motifs is 7. The van der Waals surface area contributed by atoms with Crippen molar-refractivity contribution in [3.05, 3.63) is 237 Å². The Kier molecular flexibility index (Phi) is 9.03. The Morgan fingerprint density at radius 1 is 0.364 bits per heavy atom. The zero-order valence-corrected chi connectivity index (χ0v) is 36.4. The fraction of sp³-hybridized carbons (Fsp3) is 0. The summed E-state index contributed by atoms with van der Waals surface area (Å²) in [5, 5.41) is 2.23. The van der Waals surface area contributed by atoms with Crippen LogP contribution in [0.2, 0.25) is 0 Å². The SMILES string of the molecule is c1ccc(-c2ccc(N(c3ccc(-c4cccc5c4oc4ccccc45)cc3)c3cc(N4c5ccccc5Oc5ccccc54)cc(N4c5ccccc5Sc5ccccc54)c3)cc2)cc1. The summed E-state index contributed by atoms with van der Waals surface area (Å²) in [5.41, 5.74) is 15.5. The summed E-state index contributed by atoms with van der Waals surface area (Å²) in [4.78, 5) is 9.54. The lowest BCUT2D eigenvalue weighted by atomic mass is 10.0. The van der Waals surface area contributed by atoms with E-state index in [1.165, 1.54) is 15.4 Å². The number of benzene rings is 10. The molecule has 0 amide bonds. The van der Waals surface area contributed by atoms with Crippen LogP contribution in [0.15, 0.2) is 251 Å². The number of hydrogen-bond acceptors (Lipinski definition) is 6. The summed E-state index contributed by atoms with van der Waals surface area (Å²) in [5.74, 6) is 1.60. The van der Waals surface area contributed by atoms with Gasteiger partial charge in [-0.3, -0.25) is 0 Å². The summed E-state index contributed by atoms with van der Waals surface area (Å²) in [7, 11) is 0. The molecule has 0 saturated carbocycles. The van der Waals surface area contributed by atoms with Gasteiger partial charge in [0, 0.05) is 37.5 Å². The molecule has 0 atom stereocenters. The summed E-state index contributed by atoms with van der Waals surface area (Å²) in [6, 6.07) is 84.0. The number of hydrogen-bond donors (Lipinski definition) is 0. The Morgan fingerprint density at radius 3 is 1.52 bits per heavy atom. The molecule has 1 aromatic heterocycles. The maximum Gasteiger partial charge on any atom is 0.151 e. The fourth-order valence-electron chi connectivity index (χ4n) is 9.58. The topological polar surface area (TPSA) is 32.1 Å². The van der Waals surface area contributed by atoms with Gasteiger partial charge in [0.05, 0.1) is 39.8 Å². The van der Waals surface area contributed by atoms with Gasteiger partial charge in [-0.1, -0.05) is 151 Å². The third-order valence-corrected chi connectivity index (χ3v) is 13.7. The summed E-state index contributed by atoms with van der Waals surface area (Å²) in [6.45, 7) is 0. The molecule has 0 bridgehead atoms. The molecule has 0 fully saturated rings. The van der Waals surface area contributed by atoms with E-state index in [0.29, 0.717) is 0 Å². The molecule has 13 rings (SSSR count). The number of nitrogens with zero attached hydrogens (tertiary/aromatic N) is 3. The largest absolute Gasteiger partial charge is 0.455 e. The van der Waals surface area contributed by atoms with Crippen LogP contribution in [-0.2, 0) is 0 Å². The van der Waals surface area contributed by atoms with Gasteiger partial charge in [0.15, 0.2) is 11.5 Å². The molecule has 0 radical (unpaired) electrons. The van der Waals surface area contributed by atoms with Crippen LogP contribution in [0, 0.1) is 0 Å². The van der Waals surface area contributed by atoms with Gasteiger partial charge >= 0.3 is 0 Å². The number of furan rings is 1. The van der Waals surface area contributed by atoms with Crippen LogP contribution in [0.1, 0.15) is 0 Å². The number of para-hydroxylation sites is 8. The molecule has 10 aromatic carbocycles. The minimum atomic E-state index is 0.802. The molecular weight excluding hydrogens is 827 g/mol. The molecule has 3 heterocycles. The smallest absolute Gasteiger partial charge is 0.151 e. The normalized spacial score (nSPS) is 12.5. The van der Waals surface area contributed by atoms with E-state index in [4.69, 9.17) is 9.15 Å². The summed E-state index contributed by atoms with van der Waals surface area (Å²) >= 11 is 1.81. The van der Waals surface area contributed by atoms with Crippen molar-refractivity contribution in [1.82, 2.24) is 0 Å². The van der Waals surface area contributed by atoms with Crippen molar-refractivity contribution in [1.29, 1.82) is 0 Å². The standard InChI is InChI=1S/C60H39N3O2S/c1-2-15-40(16-3-1)41-29-33-43(34-30-41)61(44-35-31-42(32-36-44)48-18-14-19-50-49-17-4-9-24-55(49)65-60(48)50)45-37-46(62-51-20-5-10-25-56(51)64-57-26-11-6-21-52(57)62)39-47(38-45)63-53-22-7-12-27-58(53)66-59-28-13-8-23-54(59)63/h1-39H. The van der Waals surface area contributed by atoms with E-state index in [2.05, 4.69) is 215 Å². The van der Waals surface area contributed by atoms with E-state index in [1.54, 1.807) is 0 Å². The minimum absolute atomic E-state index is 0.802. The third kappa shape index (κ3) is 6.41. The van der Waals surface area contributed by atoms with Crippen molar-refractivity contribution in [2.24, 2.45) is 0 Å². The second kappa shape index (κ2) is 15.7. The molecule has 0 unspecified atom stereocenters. The predicted octanol–water partition coefficient (Wildman–Crippen LogP) is 17.9. The molecule has 0 N–H and O–H groups in total. The molecule has 6 heteroatoms. The van der Waals surface area contributed by atoms with Crippen molar-refractivity contribution >= 4 is 84.9 Å². The van der Waals surface area contributed by atoms with Gasteiger partial charge in [0.1, 0.15) is 11.2 Å². The van der Waals surface area contributed by atoms with Crippen molar-refractivity contribution < 1.29 is 9.15 Å². The van der Waals surface area contributed by atoms with E-state index in [9.17, 15) is 0 Å². The number of rotatable bonds is 7. The second-order valence-electron chi connectivity index (χ2n) is 16.5. The molecular formula is C60H39N3O2S. The highest BCUT2D eigenvalue weighted by Gasteiger charge is 2.30. The van der Waals surface area contributed by atoms with E-state index >= 15 is 0 Å². The Morgan fingerprint density at radius 2 is 0.864 bits per heavy atom. The molecule has 0 saturated heterocycles. The molecule has 0 spiro atoms. The van der Waals surface area contributed by atoms with Crippen LogP contribution in [0.25, 0.3) is 44.2 Å². The van der Waals surface area contributed by atoms with Gasteiger partial charge in [-0.2, -0.15) is 0 Å². The lowest BCUT2D eigenvalue weighted by Crippen LogP contribution is -2.19. The Balaban J connectivity index is 1.04. The second-order valence-corrected chi connectivity index (χ2v) is 17.6. The van der Waals surface area contributed by atoms with Gasteiger partial charge in [-0.25, -0.2) is 0 Å². The quantitative estimate of drug-likeness (QED) is 0.159. The highest BCUT2D eigenvalue weighted by atomic mass is 32.2. The van der Waals surface area contributed by atoms with Gasteiger partial charge < -0.3 is 23.9 Å². The highest BCUT2D eigenvalue weighted by molar-refractivity contribution is 7.99. The van der Waals surface area contributed by atoms with Gasteiger partial charge in [0.2, 0.25) is 0 Å². The molecule has 312 valence electrons. The lowest BCUT2D eigenvalue weighted by molar-refractivity contribution is 0.477. The third-order valence-electron chi connectivity index (χ3n) is 12.6. The molecule has 0 aliphatic carbocycles. The van der Waals surface area contributed by atoms with Gasteiger partial charge in [-0.15, -0.1) is 0 Å². The van der Waals surface area contributed by atoms with Gasteiger partial charge in [-0.05, 0) is 114 Å². The lowest BCUT2D eigenvalue weighted by Gasteiger charge is -2.37.